The summed E-state index contributed by atoms with van der Waals surface area (Å²) in [4.78, 5) is 15.9. The maximum atomic E-state index is 13.3. The first kappa shape index (κ1) is 12.2. The van der Waals surface area contributed by atoms with Crippen molar-refractivity contribution in [3.05, 3.63) is 35.7 Å². The summed E-state index contributed by atoms with van der Waals surface area (Å²) in [7, 11) is 0. The summed E-state index contributed by atoms with van der Waals surface area (Å²) in [6, 6.07) is 0. The average molecular weight is 223 g/mol. The fourth-order valence-corrected chi connectivity index (χ4v) is 1.21. The Morgan fingerprint density at radius 2 is 2.38 bits per heavy atom. The molecule has 5 heteroatoms. The van der Waals surface area contributed by atoms with Crippen molar-refractivity contribution in [3.63, 3.8) is 0 Å². The van der Waals surface area contributed by atoms with Gasteiger partial charge in [-0.05, 0) is 31.9 Å². The quantitative estimate of drug-likeness (QED) is 0.583. The second-order valence-electron chi connectivity index (χ2n) is 3.37. The predicted molar refractivity (Wildman–Crippen MR) is 60.8 cm³/mol. The molecule has 0 saturated carbocycles. The monoisotopic (exact) mass is 223 g/mol. The van der Waals surface area contributed by atoms with Gasteiger partial charge in [0.25, 0.3) is 0 Å². The molecule has 86 valence electrons. The summed E-state index contributed by atoms with van der Waals surface area (Å²) in [5.74, 6) is -0.159. The predicted octanol–water partition coefficient (Wildman–Crippen LogP) is 1.82. The molecule has 0 aliphatic carbocycles. The summed E-state index contributed by atoms with van der Waals surface area (Å²) in [6.45, 7) is 1.57. The molecule has 1 aliphatic rings. The fraction of sp³-hybridized carbons (Fsp3) is 0.273. The molecule has 0 aromatic heterocycles. The highest BCUT2D eigenvalue weighted by Gasteiger charge is 2.07. The van der Waals surface area contributed by atoms with E-state index in [2.05, 4.69) is 4.99 Å². The highest BCUT2D eigenvalue weighted by atomic mass is 19.1. The molecule has 0 radical (unpaired) electrons. The Morgan fingerprint density at radius 1 is 1.62 bits per heavy atom. The number of nitrogens with zero attached hydrogens (tertiary/aromatic N) is 2. The van der Waals surface area contributed by atoms with Crippen LogP contribution in [0.5, 0.6) is 0 Å². The molecule has 16 heavy (non-hydrogen) atoms. The van der Waals surface area contributed by atoms with Gasteiger partial charge in [-0.1, -0.05) is 0 Å². The second kappa shape index (κ2) is 5.85. The molecule has 2 N–H and O–H groups in total. The van der Waals surface area contributed by atoms with Gasteiger partial charge in [0.2, 0.25) is 6.41 Å². The maximum absolute atomic E-state index is 13.3. The minimum Gasteiger partial charge on any atom is -0.402 e. The summed E-state index contributed by atoms with van der Waals surface area (Å²) >= 11 is 0. The molecule has 1 aliphatic heterocycles. The lowest BCUT2D eigenvalue weighted by molar-refractivity contribution is -0.114. The van der Waals surface area contributed by atoms with Crippen molar-refractivity contribution in [2.75, 3.05) is 0 Å². The van der Waals surface area contributed by atoms with Crippen LogP contribution in [0.1, 0.15) is 19.8 Å². The SMILES string of the molecule is C/C(N)=C\C(F)=C/N(C=O)C1=CCCC=N1. The van der Waals surface area contributed by atoms with E-state index < -0.39 is 5.83 Å². The number of aliphatic imine (C=N–C) groups is 1. The zero-order chi connectivity index (χ0) is 12.0. The third-order valence-electron chi connectivity index (χ3n) is 1.85. The Hall–Kier alpha value is -1.91. The number of halogens is 1. The number of rotatable bonds is 4. The van der Waals surface area contributed by atoms with Crippen LogP contribution in [0.4, 0.5) is 4.39 Å². The molecule has 0 unspecified atom stereocenters. The van der Waals surface area contributed by atoms with Gasteiger partial charge in [0.15, 0.2) is 0 Å². The molecule has 0 atom stereocenters. The van der Waals surface area contributed by atoms with Crippen LogP contribution in [0.2, 0.25) is 0 Å². The van der Waals surface area contributed by atoms with Gasteiger partial charge in [0, 0.05) is 18.1 Å². The van der Waals surface area contributed by atoms with E-state index in [4.69, 9.17) is 5.73 Å². The summed E-state index contributed by atoms with van der Waals surface area (Å²) in [5, 5.41) is 0. The Labute approximate surface area is 93.6 Å². The van der Waals surface area contributed by atoms with Gasteiger partial charge in [-0.15, -0.1) is 0 Å². The zero-order valence-electron chi connectivity index (χ0n) is 9.06. The molecule has 0 saturated heterocycles. The highest BCUT2D eigenvalue weighted by molar-refractivity contribution is 5.63. The van der Waals surface area contributed by atoms with Crippen molar-refractivity contribution >= 4 is 12.6 Å². The van der Waals surface area contributed by atoms with E-state index in [-0.39, 0.29) is 0 Å². The van der Waals surface area contributed by atoms with Crippen LogP contribution in [-0.2, 0) is 4.79 Å². The molecule has 4 nitrogen and oxygen atoms in total. The third-order valence-corrected chi connectivity index (χ3v) is 1.85. The van der Waals surface area contributed by atoms with Crippen LogP contribution in [0.25, 0.3) is 0 Å². The molecule has 1 rings (SSSR count). The van der Waals surface area contributed by atoms with Gasteiger partial charge in [0.1, 0.15) is 11.6 Å². The van der Waals surface area contributed by atoms with Gasteiger partial charge in [-0.3, -0.25) is 9.69 Å². The minimum atomic E-state index is -0.589. The van der Waals surface area contributed by atoms with Crippen molar-refractivity contribution in [1.29, 1.82) is 0 Å². The summed E-state index contributed by atoms with van der Waals surface area (Å²) in [5.41, 5.74) is 5.65. The van der Waals surface area contributed by atoms with Crippen molar-refractivity contribution < 1.29 is 9.18 Å². The van der Waals surface area contributed by atoms with Gasteiger partial charge < -0.3 is 5.73 Å². The first-order chi connectivity index (χ1) is 7.63. The standard InChI is InChI=1S/C11H14FN3O/c1-9(13)6-10(12)7-15(8-16)11-4-2-3-5-14-11/h4-8H,2-3,13H2,1H3/b9-6+,10-7+. The molecule has 1 heterocycles. The Bertz CT molecular complexity index is 379. The third kappa shape index (κ3) is 3.68. The van der Waals surface area contributed by atoms with E-state index in [1.165, 1.54) is 0 Å². The van der Waals surface area contributed by atoms with E-state index in [1.54, 1.807) is 19.2 Å². The first-order valence-electron chi connectivity index (χ1n) is 4.91. The zero-order valence-corrected chi connectivity index (χ0v) is 9.06. The highest BCUT2D eigenvalue weighted by Crippen LogP contribution is 2.13. The van der Waals surface area contributed by atoms with Crippen molar-refractivity contribution in [3.8, 4) is 0 Å². The van der Waals surface area contributed by atoms with Crippen LogP contribution in [0.3, 0.4) is 0 Å². The second-order valence-corrected chi connectivity index (χ2v) is 3.37. The van der Waals surface area contributed by atoms with Gasteiger partial charge in [-0.25, -0.2) is 9.38 Å². The number of carbonyl (C=O) groups excluding carboxylic acids is 1. The topological polar surface area (TPSA) is 58.7 Å². The molecular formula is C11H14FN3O. The normalized spacial score (nSPS) is 17.0. The largest absolute Gasteiger partial charge is 0.402 e. The number of allylic oxidation sites excluding steroid dienone is 4. The van der Waals surface area contributed by atoms with E-state index in [0.717, 1.165) is 30.0 Å². The van der Waals surface area contributed by atoms with Crippen LogP contribution < -0.4 is 5.73 Å². The van der Waals surface area contributed by atoms with Crippen molar-refractivity contribution in [1.82, 2.24) is 4.90 Å². The van der Waals surface area contributed by atoms with Crippen LogP contribution in [-0.4, -0.2) is 17.5 Å². The van der Waals surface area contributed by atoms with Crippen molar-refractivity contribution in [2.24, 2.45) is 10.7 Å². The van der Waals surface area contributed by atoms with E-state index in [9.17, 15) is 9.18 Å². The number of carbonyl (C=O) groups is 1. The van der Waals surface area contributed by atoms with Crippen LogP contribution in [0, 0.1) is 0 Å². The first-order valence-corrected chi connectivity index (χ1v) is 4.91. The Balaban J connectivity index is 2.83. The summed E-state index contributed by atoms with van der Waals surface area (Å²) in [6.07, 6.45) is 7.81. The van der Waals surface area contributed by atoms with E-state index in [0.29, 0.717) is 17.9 Å². The molecule has 0 aromatic carbocycles. The lowest BCUT2D eigenvalue weighted by Crippen LogP contribution is -2.15. The Kier molecular flexibility index (Phi) is 4.44. The van der Waals surface area contributed by atoms with Crippen LogP contribution >= 0.6 is 0 Å². The molecule has 0 aromatic rings. The van der Waals surface area contributed by atoms with Crippen molar-refractivity contribution in [2.45, 2.75) is 19.8 Å². The number of nitrogens with two attached hydrogens (primary N) is 1. The van der Waals surface area contributed by atoms with Gasteiger partial charge in [-0.2, -0.15) is 0 Å². The Morgan fingerprint density at radius 3 is 2.88 bits per heavy atom. The summed E-state index contributed by atoms with van der Waals surface area (Å²) < 4.78 is 13.3. The number of amides is 1. The number of hydrogen-bond acceptors (Lipinski definition) is 3. The minimum absolute atomic E-state index is 0.334. The molecule has 0 spiro atoms. The number of hydrogen-bond donors (Lipinski definition) is 1. The van der Waals surface area contributed by atoms with E-state index >= 15 is 0 Å². The maximum Gasteiger partial charge on any atom is 0.219 e. The lowest BCUT2D eigenvalue weighted by atomic mass is 10.2. The molecule has 0 bridgehead atoms. The molecule has 1 amide bonds. The van der Waals surface area contributed by atoms with E-state index in [1.807, 2.05) is 0 Å². The fourth-order valence-electron chi connectivity index (χ4n) is 1.21. The van der Waals surface area contributed by atoms with Gasteiger partial charge in [0.05, 0.1) is 0 Å². The molecular weight excluding hydrogens is 209 g/mol. The smallest absolute Gasteiger partial charge is 0.219 e. The van der Waals surface area contributed by atoms with Gasteiger partial charge >= 0.3 is 0 Å². The average Bonchev–Trinajstić information content (AvgIpc) is 2.26. The lowest BCUT2D eigenvalue weighted by Gasteiger charge is -2.14. The van der Waals surface area contributed by atoms with Crippen LogP contribution in [0.15, 0.2) is 40.7 Å². The molecule has 0 fully saturated rings.